The van der Waals surface area contributed by atoms with Crippen molar-refractivity contribution >= 4 is 11.3 Å². The van der Waals surface area contributed by atoms with Crippen molar-refractivity contribution in [1.82, 2.24) is 15.0 Å². The van der Waals surface area contributed by atoms with Gasteiger partial charge in [0.05, 0.1) is 12.2 Å². The van der Waals surface area contributed by atoms with Crippen LogP contribution >= 0.6 is 11.3 Å². The standard InChI is InChI=1S/C10H14N4S/c11-5-1-3-9-7-14(13-12-9)8-10-4-2-6-15-10/h2,4,6-7H,1,3,5,8,11H2. The Hall–Kier alpha value is -1.20. The number of nitrogens with zero attached hydrogens (tertiary/aromatic N) is 3. The maximum Gasteiger partial charge on any atom is 0.0827 e. The Balaban J connectivity index is 1.95. The SMILES string of the molecule is NCCCc1cn(Cc2cccs2)nn1. The van der Waals surface area contributed by atoms with Crippen molar-refractivity contribution in [1.29, 1.82) is 0 Å². The van der Waals surface area contributed by atoms with Gasteiger partial charge in [0.15, 0.2) is 0 Å². The molecule has 5 heteroatoms. The van der Waals surface area contributed by atoms with Crippen molar-refractivity contribution in [2.45, 2.75) is 19.4 Å². The van der Waals surface area contributed by atoms with Gasteiger partial charge in [-0.15, -0.1) is 16.4 Å². The summed E-state index contributed by atoms with van der Waals surface area (Å²) in [5.41, 5.74) is 6.46. The van der Waals surface area contributed by atoms with Gasteiger partial charge in [0, 0.05) is 11.1 Å². The Morgan fingerprint density at radius 1 is 1.47 bits per heavy atom. The summed E-state index contributed by atoms with van der Waals surface area (Å²) in [5, 5.41) is 10.2. The van der Waals surface area contributed by atoms with Crippen LogP contribution in [0.1, 0.15) is 17.0 Å². The second kappa shape index (κ2) is 5.04. The highest BCUT2D eigenvalue weighted by molar-refractivity contribution is 7.09. The molecule has 0 bridgehead atoms. The minimum Gasteiger partial charge on any atom is -0.330 e. The van der Waals surface area contributed by atoms with Crippen molar-refractivity contribution in [3.05, 3.63) is 34.3 Å². The molecule has 2 aromatic rings. The molecule has 0 unspecified atom stereocenters. The van der Waals surface area contributed by atoms with Crippen LogP contribution in [0.2, 0.25) is 0 Å². The highest BCUT2D eigenvalue weighted by atomic mass is 32.1. The normalized spacial score (nSPS) is 10.7. The summed E-state index contributed by atoms with van der Waals surface area (Å²) in [6, 6.07) is 4.15. The summed E-state index contributed by atoms with van der Waals surface area (Å²) in [7, 11) is 0. The number of aryl methyl sites for hydroxylation is 1. The third-order valence-electron chi connectivity index (χ3n) is 2.12. The van der Waals surface area contributed by atoms with E-state index in [2.05, 4.69) is 21.8 Å². The summed E-state index contributed by atoms with van der Waals surface area (Å²) in [5.74, 6) is 0. The Morgan fingerprint density at radius 2 is 2.40 bits per heavy atom. The summed E-state index contributed by atoms with van der Waals surface area (Å²) in [4.78, 5) is 1.30. The van der Waals surface area contributed by atoms with E-state index < -0.39 is 0 Å². The van der Waals surface area contributed by atoms with Crippen LogP contribution in [0.4, 0.5) is 0 Å². The molecule has 0 amide bonds. The van der Waals surface area contributed by atoms with E-state index >= 15 is 0 Å². The molecule has 0 saturated heterocycles. The lowest BCUT2D eigenvalue weighted by Gasteiger charge is -1.95. The molecule has 2 rings (SSSR count). The maximum absolute atomic E-state index is 5.44. The Bertz CT molecular complexity index is 393. The minimum atomic E-state index is 0.706. The molecule has 0 spiro atoms. The summed E-state index contributed by atoms with van der Waals surface area (Å²) in [6.45, 7) is 1.52. The fourth-order valence-electron chi connectivity index (χ4n) is 1.38. The van der Waals surface area contributed by atoms with Gasteiger partial charge in [-0.1, -0.05) is 11.3 Å². The molecule has 0 fully saturated rings. The quantitative estimate of drug-likeness (QED) is 0.829. The third-order valence-corrected chi connectivity index (χ3v) is 2.98. The van der Waals surface area contributed by atoms with Gasteiger partial charge < -0.3 is 5.73 Å². The largest absolute Gasteiger partial charge is 0.330 e. The van der Waals surface area contributed by atoms with Crippen LogP contribution < -0.4 is 5.73 Å². The lowest BCUT2D eigenvalue weighted by molar-refractivity contribution is 0.655. The molecular weight excluding hydrogens is 208 g/mol. The van der Waals surface area contributed by atoms with E-state index in [4.69, 9.17) is 5.73 Å². The molecule has 0 atom stereocenters. The second-order valence-electron chi connectivity index (χ2n) is 3.38. The first-order chi connectivity index (χ1) is 7.38. The van der Waals surface area contributed by atoms with Crippen molar-refractivity contribution in [3.63, 3.8) is 0 Å². The van der Waals surface area contributed by atoms with Crippen molar-refractivity contribution in [2.75, 3.05) is 6.54 Å². The number of aromatic nitrogens is 3. The van der Waals surface area contributed by atoms with Crippen LogP contribution in [0.5, 0.6) is 0 Å². The average Bonchev–Trinajstić information content (AvgIpc) is 2.87. The van der Waals surface area contributed by atoms with Gasteiger partial charge in [-0.25, -0.2) is 4.68 Å². The molecule has 2 heterocycles. The first kappa shape index (κ1) is 10.3. The van der Waals surface area contributed by atoms with Gasteiger partial charge in [-0.2, -0.15) is 0 Å². The van der Waals surface area contributed by atoms with E-state index in [1.165, 1.54) is 4.88 Å². The zero-order valence-electron chi connectivity index (χ0n) is 8.47. The van der Waals surface area contributed by atoms with Crippen molar-refractivity contribution < 1.29 is 0 Å². The third kappa shape index (κ3) is 2.87. The molecule has 2 aromatic heterocycles. The van der Waals surface area contributed by atoms with Gasteiger partial charge in [0.1, 0.15) is 0 Å². The van der Waals surface area contributed by atoms with Crippen LogP contribution in [0.25, 0.3) is 0 Å². The van der Waals surface area contributed by atoms with Gasteiger partial charge in [-0.3, -0.25) is 0 Å². The molecule has 0 aromatic carbocycles. The van der Waals surface area contributed by atoms with E-state index in [1.807, 2.05) is 16.9 Å². The summed E-state index contributed by atoms with van der Waals surface area (Å²) >= 11 is 1.74. The van der Waals surface area contributed by atoms with Crippen molar-refractivity contribution in [3.8, 4) is 0 Å². The van der Waals surface area contributed by atoms with Gasteiger partial charge >= 0.3 is 0 Å². The molecule has 0 aliphatic rings. The topological polar surface area (TPSA) is 56.7 Å². The lowest BCUT2D eigenvalue weighted by Crippen LogP contribution is -2.00. The van der Waals surface area contributed by atoms with Crippen molar-refractivity contribution in [2.24, 2.45) is 5.73 Å². The first-order valence-electron chi connectivity index (χ1n) is 5.00. The van der Waals surface area contributed by atoms with E-state index in [0.717, 1.165) is 25.1 Å². The molecule has 2 N–H and O–H groups in total. The summed E-state index contributed by atoms with van der Waals surface area (Å²) in [6.07, 6.45) is 3.88. The Kier molecular flexibility index (Phi) is 3.47. The minimum absolute atomic E-state index is 0.706. The van der Waals surface area contributed by atoms with Gasteiger partial charge in [-0.05, 0) is 30.8 Å². The number of hydrogen-bond donors (Lipinski definition) is 1. The molecule has 0 saturated carbocycles. The molecule has 4 nitrogen and oxygen atoms in total. The van der Waals surface area contributed by atoms with Crippen LogP contribution in [-0.2, 0) is 13.0 Å². The summed E-state index contributed by atoms with van der Waals surface area (Å²) < 4.78 is 1.87. The maximum atomic E-state index is 5.44. The zero-order chi connectivity index (χ0) is 10.5. The van der Waals surface area contributed by atoms with E-state index in [9.17, 15) is 0 Å². The van der Waals surface area contributed by atoms with Crippen LogP contribution in [-0.4, -0.2) is 21.5 Å². The molecule has 0 aliphatic heterocycles. The highest BCUT2D eigenvalue weighted by Gasteiger charge is 2.01. The first-order valence-corrected chi connectivity index (χ1v) is 5.88. The number of thiophene rings is 1. The van der Waals surface area contributed by atoms with Gasteiger partial charge in [0.2, 0.25) is 0 Å². The second-order valence-corrected chi connectivity index (χ2v) is 4.41. The molecule has 15 heavy (non-hydrogen) atoms. The fraction of sp³-hybridized carbons (Fsp3) is 0.400. The lowest BCUT2D eigenvalue weighted by atomic mass is 10.2. The Labute approximate surface area is 92.7 Å². The van der Waals surface area contributed by atoms with E-state index in [0.29, 0.717) is 6.54 Å². The molecule has 0 radical (unpaired) electrons. The number of hydrogen-bond acceptors (Lipinski definition) is 4. The van der Waals surface area contributed by atoms with Gasteiger partial charge in [0.25, 0.3) is 0 Å². The van der Waals surface area contributed by atoms with Crippen LogP contribution in [0.15, 0.2) is 23.7 Å². The monoisotopic (exact) mass is 222 g/mol. The predicted molar refractivity (Wildman–Crippen MR) is 60.8 cm³/mol. The fourth-order valence-corrected chi connectivity index (χ4v) is 2.07. The average molecular weight is 222 g/mol. The van der Waals surface area contributed by atoms with Crippen LogP contribution in [0, 0.1) is 0 Å². The molecule has 80 valence electrons. The van der Waals surface area contributed by atoms with E-state index in [-0.39, 0.29) is 0 Å². The molecular formula is C10H14N4S. The highest BCUT2D eigenvalue weighted by Crippen LogP contribution is 2.10. The zero-order valence-corrected chi connectivity index (χ0v) is 9.28. The smallest absolute Gasteiger partial charge is 0.0827 e. The van der Waals surface area contributed by atoms with E-state index in [1.54, 1.807) is 11.3 Å². The Morgan fingerprint density at radius 3 is 3.13 bits per heavy atom. The molecule has 0 aliphatic carbocycles. The predicted octanol–water partition coefficient (Wildman–Crippen LogP) is 1.28. The van der Waals surface area contributed by atoms with Crippen LogP contribution in [0.3, 0.4) is 0 Å². The number of rotatable bonds is 5. The number of nitrogens with two attached hydrogens (primary N) is 1.